The molecule has 0 aliphatic carbocycles. The van der Waals surface area contributed by atoms with E-state index in [2.05, 4.69) is 26.2 Å². The molecule has 0 radical (unpaired) electrons. The summed E-state index contributed by atoms with van der Waals surface area (Å²) in [6, 6.07) is 7.01. The van der Waals surface area contributed by atoms with Gasteiger partial charge in [-0.25, -0.2) is 4.79 Å². The van der Waals surface area contributed by atoms with E-state index in [1.54, 1.807) is 18.2 Å². The third kappa shape index (κ3) is 4.20. The summed E-state index contributed by atoms with van der Waals surface area (Å²) in [6.45, 7) is 1.90. The molecule has 1 saturated heterocycles. The number of nitrogens with zero attached hydrogens (tertiary/aromatic N) is 1. The molecular formula is C18H20BrN3O5. The van der Waals surface area contributed by atoms with Crippen molar-refractivity contribution in [1.29, 1.82) is 0 Å². The number of halogens is 1. The van der Waals surface area contributed by atoms with E-state index in [0.717, 1.165) is 0 Å². The molecule has 144 valence electrons. The first-order valence-electron chi connectivity index (χ1n) is 8.61. The van der Waals surface area contributed by atoms with Crippen LogP contribution in [0.3, 0.4) is 0 Å². The van der Waals surface area contributed by atoms with Crippen molar-refractivity contribution in [2.24, 2.45) is 0 Å². The van der Waals surface area contributed by atoms with E-state index in [1.807, 2.05) is 13.0 Å². The summed E-state index contributed by atoms with van der Waals surface area (Å²) < 4.78 is 7.70. The van der Waals surface area contributed by atoms with Gasteiger partial charge in [-0.3, -0.25) is 19.1 Å². The molecule has 0 saturated carbocycles. The number of ether oxygens (including phenoxy) is 1. The molecule has 3 N–H and O–H groups in total. The molecule has 1 aromatic carbocycles. The lowest BCUT2D eigenvalue weighted by atomic mass is 10.1. The van der Waals surface area contributed by atoms with E-state index in [0.29, 0.717) is 22.0 Å². The van der Waals surface area contributed by atoms with E-state index < -0.39 is 29.7 Å². The monoisotopic (exact) mass is 437 g/mol. The summed E-state index contributed by atoms with van der Waals surface area (Å²) in [7, 11) is 0. The zero-order chi connectivity index (χ0) is 19.6. The van der Waals surface area contributed by atoms with Gasteiger partial charge in [0.25, 0.3) is 11.5 Å². The van der Waals surface area contributed by atoms with Crippen molar-refractivity contribution in [2.45, 2.75) is 38.2 Å². The summed E-state index contributed by atoms with van der Waals surface area (Å²) in [6.07, 6.45) is -0.106. The first-order chi connectivity index (χ1) is 12.9. The number of hydrogen-bond donors (Lipinski definition) is 3. The second kappa shape index (κ2) is 8.20. The molecule has 1 fully saturated rings. The molecule has 1 amide bonds. The molecule has 2 aromatic rings. The van der Waals surface area contributed by atoms with Gasteiger partial charge in [0.05, 0.1) is 11.7 Å². The van der Waals surface area contributed by atoms with Gasteiger partial charge in [-0.15, -0.1) is 0 Å². The average Bonchev–Trinajstić information content (AvgIpc) is 3.00. The lowest BCUT2D eigenvalue weighted by Gasteiger charge is -2.17. The van der Waals surface area contributed by atoms with Crippen LogP contribution in [0.4, 0.5) is 0 Å². The molecule has 8 nitrogen and oxygen atoms in total. The minimum Gasteiger partial charge on any atom is -0.390 e. The summed E-state index contributed by atoms with van der Waals surface area (Å²) >= 11 is 3.32. The Morgan fingerprint density at radius 2 is 2.15 bits per heavy atom. The van der Waals surface area contributed by atoms with Gasteiger partial charge in [0.2, 0.25) is 0 Å². The average molecular weight is 438 g/mol. The number of aromatic amines is 1. The fourth-order valence-electron chi connectivity index (χ4n) is 3.00. The summed E-state index contributed by atoms with van der Waals surface area (Å²) in [5.74, 6) is -0.295. The maximum absolute atomic E-state index is 12.3. The van der Waals surface area contributed by atoms with E-state index >= 15 is 0 Å². The van der Waals surface area contributed by atoms with Crippen molar-refractivity contribution >= 4 is 21.8 Å². The predicted octanol–water partition coefficient (Wildman–Crippen LogP) is 0.940. The molecule has 3 rings (SSSR count). The van der Waals surface area contributed by atoms with Crippen LogP contribution in [0.5, 0.6) is 0 Å². The van der Waals surface area contributed by atoms with Crippen LogP contribution in [0, 0.1) is 0 Å². The zero-order valence-electron chi connectivity index (χ0n) is 14.6. The highest BCUT2D eigenvalue weighted by atomic mass is 79.9. The number of nitrogens with one attached hydrogen (secondary N) is 2. The zero-order valence-corrected chi connectivity index (χ0v) is 16.2. The van der Waals surface area contributed by atoms with Crippen LogP contribution in [0.1, 0.15) is 35.5 Å². The first kappa shape index (κ1) is 19.5. The van der Waals surface area contributed by atoms with Gasteiger partial charge in [-0.05, 0) is 34.5 Å². The quantitative estimate of drug-likeness (QED) is 0.643. The molecule has 1 aliphatic rings. The molecule has 0 bridgehead atoms. The Balaban J connectivity index is 1.69. The van der Waals surface area contributed by atoms with Gasteiger partial charge < -0.3 is 15.2 Å². The fraction of sp³-hybridized carbons (Fsp3) is 0.389. The number of aliphatic hydroxyl groups excluding tert-OH is 1. The molecule has 0 unspecified atom stereocenters. The van der Waals surface area contributed by atoms with Crippen molar-refractivity contribution < 1.29 is 14.6 Å². The molecular weight excluding hydrogens is 418 g/mol. The number of carbonyl (C=O) groups is 1. The fourth-order valence-corrected chi connectivity index (χ4v) is 3.46. The number of aryl methyl sites for hydroxylation is 1. The second-order valence-corrected chi connectivity index (χ2v) is 7.15. The molecule has 2 heterocycles. The highest BCUT2D eigenvalue weighted by Crippen LogP contribution is 2.27. The third-order valence-electron chi connectivity index (χ3n) is 4.52. The second-order valence-electron chi connectivity index (χ2n) is 6.30. The van der Waals surface area contributed by atoms with Gasteiger partial charge >= 0.3 is 5.69 Å². The van der Waals surface area contributed by atoms with Gasteiger partial charge in [0.1, 0.15) is 12.3 Å². The minimum absolute atomic E-state index is 0.0938. The van der Waals surface area contributed by atoms with Gasteiger partial charge in [0.15, 0.2) is 0 Å². The van der Waals surface area contributed by atoms with Crippen molar-refractivity contribution in [2.75, 3.05) is 6.54 Å². The third-order valence-corrected chi connectivity index (χ3v) is 5.21. The largest absolute Gasteiger partial charge is 0.390 e. The Morgan fingerprint density at radius 1 is 1.41 bits per heavy atom. The van der Waals surface area contributed by atoms with Crippen molar-refractivity contribution in [3.63, 3.8) is 0 Å². The number of hydrogen-bond acceptors (Lipinski definition) is 5. The SMILES string of the molecule is CCc1cn([C@H]2C[C@H](O)[C@@H](CNC(=O)c3ccccc3Br)O2)c(=O)[nH]c1=O. The molecule has 27 heavy (non-hydrogen) atoms. The normalized spacial score (nSPS) is 22.0. The minimum atomic E-state index is -0.849. The van der Waals surface area contributed by atoms with Crippen LogP contribution in [0.15, 0.2) is 44.5 Å². The van der Waals surface area contributed by atoms with Crippen LogP contribution >= 0.6 is 15.9 Å². The highest BCUT2D eigenvalue weighted by molar-refractivity contribution is 9.10. The predicted molar refractivity (Wildman–Crippen MR) is 102 cm³/mol. The van der Waals surface area contributed by atoms with Crippen LogP contribution in [0.25, 0.3) is 0 Å². The number of aromatic nitrogens is 2. The van der Waals surface area contributed by atoms with Crippen LogP contribution in [-0.2, 0) is 11.2 Å². The van der Waals surface area contributed by atoms with Gasteiger partial charge in [-0.2, -0.15) is 0 Å². The number of aliphatic hydroxyl groups is 1. The van der Waals surface area contributed by atoms with Crippen LogP contribution in [0.2, 0.25) is 0 Å². The topological polar surface area (TPSA) is 113 Å². The lowest BCUT2D eigenvalue weighted by molar-refractivity contribution is -0.0187. The van der Waals surface area contributed by atoms with Crippen molar-refractivity contribution in [3.8, 4) is 0 Å². The van der Waals surface area contributed by atoms with Crippen molar-refractivity contribution in [3.05, 3.63) is 66.9 Å². The Labute approximate surface area is 163 Å². The number of benzene rings is 1. The molecule has 3 atom stereocenters. The number of rotatable bonds is 5. The van der Waals surface area contributed by atoms with E-state index in [9.17, 15) is 19.5 Å². The van der Waals surface area contributed by atoms with Crippen LogP contribution in [-0.4, -0.2) is 39.3 Å². The van der Waals surface area contributed by atoms with Crippen molar-refractivity contribution in [1.82, 2.24) is 14.9 Å². The van der Waals surface area contributed by atoms with E-state index in [4.69, 9.17) is 4.74 Å². The smallest absolute Gasteiger partial charge is 0.330 e. The maximum Gasteiger partial charge on any atom is 0.330 e. The number of H-pyrrole nitrogens is 1. The Kier molecular flexibility index (Phi) is 5.93. The summed E-state index contributed by atoms with van der Waals surface area (Å²) in [5.41, 5.74) is -0.0776. The Morgan fingerprint density at radius 3 is 2.85 bits per heavy atom. The summed E-state index contributed by atoms with van der Waals surface area (Å²) in [5, 5.41) is 13.0. The standard InChI is InChI=1S/C18H20BrN3O5/c1-2-10-9-22(18(26)21-16(10)24)15-7-13(23)14(27-15)8-20-17(25)11-5-3-4-6-12(11)19/h3-6,9,13-15,23H,2,7-8H2,1H3,(H,20,25)(H,21,24,26)/t13-,14+,15+/m0/s1. The first-order valence-corrected chi connectivity index (χ1v) is 9.40. The summed E-state index contributed by atoms with van der Waals surface area (Å²) in [4.78, 5) is 38.3. The maximum atomic E-state index is 12.3. The van der Waals surface area contributed by atoms with E-state index in [1.165, 1.54) is 10.8 Å². The van der Waals surface area contributed by atoms with Gasteiger partial charge in [-0.1, -0.05) is 19.1 Å². The van der Waals surface area contributed by atoms with E-state index in [-0.39, 0.29) is 18.9 Å². The van der Waals surface area contributed by atoms with Crippen LogP contribution < -0.4 is 16.6 Å². The Hall–Kier alpha value is -2.23. The molecule has 9 heteroatoms. The number of amides is 1. The number of carbonyl (C=O) groups excluding carboxylic acids is 1. The highest BCUT2D eigenvalue weighted by Gasteiger charge is 2.35. The molecule has 0 spiro atoms. The Bertz CT molecular complexity index is 954. The molecule has 1 aliphatic heterocycles. The molecule has 1 aromatic heterocycles. The van der Waals surface area contributed by atoms with Gasteiger partial charge in [0, 0.05) is 29.2 Å². The lowest BCUT2D eigenvalue weighted by Crippen LogP contribution is -2.37.